The molecule has 5 heteroatoms. The quantitative estimate of drug-likeness (QED) is 0.792. The van der Waals surface area contributed by atoms with Crippen LogP contribution in [0.4, 0.5) is 11.4 Å². The van der Waals surface area contributed by atoms with Gasteiger partial charge in [-0.25, -0.2) is 0 Å². The molecule has 1 aliphatic heterocycles. The van der Waals surface area contributed by atoms with Crippen molar-refractivity contribution >= 4 is 29.3 Å². The minimum Gasteiger partial charge on any atom is -0.494 e. The fourth-order valence-corrected chi connectivity index (χ4v) is 2.56. The van der Waals surface area contributed by atoms with Gasteiger partial charge in [0.2, 0.25) is 11.8 Å². The highest BCUT2D eigenvalue weighted by Gasteiger charge is 2.17. The van der Waals surface area contributed by atoms with Gasteiger partial charge in [0.15, 0.2) is 0 Å². The largest absolute Gasteiger partial charge is 0.494 e. The summed E-state index contributed by atoms with van der Waals surface area (Å²) >= 11 is 0. The number of hydrogen-bond donors (Lipinski definition) is 2. The monoisotopic (exact) mass is 336 g/mol. The number of amides is 2. The number of ether oxygens (including phenoxy) is 1. The molecule has 2 N–H and O–H groups in total. The Morgan fingerprint density at radius 1 is 1.24 bits per heavy atom. The van der Waals surface area contributed by atoms with E-state index in [4.69, 9.17) is 4.74 Å². The minimum absolute atomic E-state index is 0.0234. The molecule has 0 aromatic heterocycles. The van der Waals surface area contributed by atoms with Gasteiger partial charge in [-0.15, -0.1) is 0 Å². The maximum absolute atomic E-state index is 12.1. The van der Waals surface area contributed by atoms with Crippen molar-refractivity contribution in [2.45, 2.75) is 19.8 Å². The van der Waals surface area contributed by atoms with E-state index in [2.05, 4.69) is 17.6 Å². The Morgan fingerprint density at radius 2 is 2.04 bits per heavy atom. The smallest absolute Gasteiger partial charge is 0.248 e. The molecule has 3 rings (SSSR count). The van der Waals surface area contributed by atoms with Gasteiger partial charge in [0.05, 0.1) is 13.0 Å². The number of hydrogen-bond acceptors (Lipinski definition) is 3. The highest BCUT2D eigenvalue weighted by molar-refractivity contribution is 6.03. The molecule has 0 bridgehead atoms. The average molecular weight is 336 g/mol. The molecule has 0 atom stereocenters. The fraction of sp³-hybridized carbons (Fsp3) is 0.200. The lowest BCUT2D eigenvalue weighted by atomic mass is 10.1. The summed E-state index contributed by atoms with van der Waals surface area (Å²) in [6.07, 6.45) is 4.55. The summed E-state index contributed by atoms with van der Waals surface area (Å²) in [5.74, 6) is 0.582. The van der Waals surface area contributed by atoms with Gasteiger partial charge in [-0.05, 0) is 54.0 Å². The second-order valence-electron chi connectivity index (χ2n) is 5.84. The maximum Gasteiger partial charge on any atom is 0.248 e. The minimum atomic E-state index is -0.219. The van der Waals surface area contributed by atoms with Crippen LogP contribution in [0.3, 0.4) is 0 Å². The third kappa shape index (κ3) is 4.47. The SMILES string of the molecule is CCCOc1ccc(/C=C/C(=O)Nc2ccc3c(c2)CC(=O)N3)cc1. The number of benzene rings is 2. The van der Waals surface area contributed by atoms with E-state index >= 15 is 0 Å². The summed E-state index contributed by atoms with van der Waals surface area (Å²) in [7, 11) is 0. The number of anilines is 2. The van der Waals surface area contributed by atoms with Gasteiger partial charge in [-0.2, -0.15) is 0 Å². The number of carbonyl (C=O) groups excluding carboxylic acids is 2. The summed E-state index contributed by atoms with van der Waals surface area (Å²) in [5, 5.41) is 5.57. The predicted octanol–water partition coefficient (Wildman–Crippen LogP) is 3.62. The molecule has 0 fully saturated rings. The van der Waals surface area contributed by atoms with E-state index in [1.807, 2.05) is 30.3 Å². The first-order valence-electron chi connectivity index (χ1n) is 8.29. The fourth-order valence-electron chi connectivity index (χ4n) is 2.56. The van der Waals surface area contributed by atoms with Crippen LogP contribution in [0.15, 0.2) is 48.5 Å². The standard InChI is InChI=1S/C20H20N2O3/c1-2-11-25-17-7-3-14(4-8-17)5-10-19(23)21-16-6-9-18-15(12-16)13-20(24)22-18/h3-10,12H,2,11,13H2,1H3,(H,21,23)(H,22,24)/b10-5+. The first-order valence-corrected chi connectivity index (χ1v) is 8.29. The highest BCUT2D eigenvalue weighted by Crippen LogP contribution is 2.26. The highest BCUT2D eigenvalue weighted by atomic mass is 16.5. The Balaban J connectivity index is 1.58. The van der Waals surface area contributed by atoms with Crippen molar-refractivity contribution in [1.82, 2.24) is 0 Å². The zero-order valence-corrected chi connectivity index (χ0v) is 14.0. The molecular formula is C20H20N2O3. The predicted molar refractivity (Wildman–Crippen MR) is 98.7 cm³/mol. The number of rotatable bonds is 6. The molecule has 1 aliphatic rings. The summed E-state index contributed by atoms with van der Waals surface area (Å²) in [5.41, 5.74) is 3.30. The molecule has 25 heavy (non-hydrogen) atoms. The second kappa shape index (κ2) is 7.66. The van der Waals surface area contributed by atoms with Crippen molar-refractivity contribution in [1.29, 1.82) is 0 Å². The molecule has 0 unspecified atom stereocenters. The van der Waals surface area contributed by atoms with Crippen molar-refractivity contribution in [2.24, 2.45) is 0 Å². The van der Waals surface area contributed by atoms with Gasteiger partial charge in [-0.3, -0.25) is 9.59 Å². The first kappa shape index (κ1) is 16.8. The molecule has 0 aliphatic carbocycles. The molecule has 0 spiro atoms. The molecular weight excluding hydrogens is 316 g/mol. The van der Waals surface area contributed by atoms with E-state index < -0.39 is 0 Å². The van der Waals surface area contributed by atoms with Crippen molar-refractivity contribution in [2.75, 3.05) is 17.2 Å². The van der Waals surface area contributed by atoms with Crippen LogP contribution < -0.4 is 15.4 Å². The van der Waals surface area contributed by atoms with E-state index in [1.165, 1.54) is 6.08 Å². The third-order valence-electron chi connectivity index (χ3n) is 3.78. The van der Waals surface area contributed by atoms with E-state index in [1.54, 1.807) is 18.2 Å². The molecule has 2 aromatic carbocycles. The Kier molecular flexibility index (Phi) is 5.14. The van der Waals surface area contributed by atoms with Crippen molar-refractivity contribution in [3.63, 3.8) is 0 Å². The molecule has 128 valence electrons. The average Bonchev–Trinajstić information content (AvgIpc) is 2.98. The van der Waals surface area contributed by atoms with Gasteiger partial charge in [0.25, 0.3) is 0 Å². The van der Waals surface area contributed by atoms with Gasteiger partial charge < -0.3 is 15.4 Å². The van der Waals surface area contributed by atoms with Crippen LogP contribution in [0.5, 0.6) is 5.75 Å². The Labute approximate surface area is 146 Å². The molecule has 0 radical (unpaired) electrons. The Hall–Kier alpha value is -3.08. The first-order chi connectivity index (χ1) is 12.1. The molecule has 0 saturated heterocycles. The zero-order valence-electron chi connectivity index (χ0n) is 14.0. The zero-order chi connectivity index (χ0) is 17.6. The summed E-state index contributed by atoms with van der Waals surface area (Å²) in [4.78, 5) is 23.4. The van der Waals surface area contributed by atoms with Crippen LogP contribution in [-0.4, -0.2) is 18.4 Å². The van der Waals surface area contributed by atoms with Gasteiger partial charge in [0, 0.05) is 17.5 Å². The lowest BCUT2D eigenvalue weighted by Crippen LogP contribution is -2.07. The van der Waals surface area contributed by atoms with Gasteiger partial charge >= 0.3 is 0 Å². The lowest BCUT2D eigenvalue weighted by molar-refractivity contribution is -0.115. The molecule has 2 aromatic rings. The number of nitrogens with one attached hydrogen (secondary N) is 2. The number of carbonyl (C=O) groups is 2. The van der Waals surface area contributed by atoms with Crippen LogP contribution in [0.2, 0.25) is 0 Å². The second-order valence-corrected chi connectivity index (χ2v) is 5.84. The van der Waals surface area contributed by atoms with Gasteiger partial charge in [0.1, 0.15) is 5.75 Å². The third-order valence-corrected chi connectivity index (χ3v) is 3.78. The molecule has 5 nitrogen and oxygen atoms in total. The normalized spacial score (nSPS) is 12.8. The van der Waals surface area contributed by atoms with Gasteiger partial charge in [-0.1, -0.05) is 19.1 Å². The van der Waals surface area contributed by atoms with Crippen LogP contribution in [-0.2, 0) is 16.0 Å². The molecule has 2 amide bonds. The molecule has 0 saturated carbocycles. The van der Waals surface area contributed by atoms with Crippen LogP contribution >= 0.6 is 0 Å². The summed E-state index contributed by atoms with van der Waals surface area (Å²) in [6, 6.07) is 13.0. The van der Waals surface area contributed by atoms with Crippen molar-refractivity contribution in [3.05, 3.63) is 59.7 Å². The maximum atomic E-state index is 12.1. The van der Waals surface area contributed by atoms with Crippen molar-refractivity contribution < 1.29 is 14.3 Å². The van der Waals surface area contributed by atoms with E-state index in [9.17, 15) is 9.59 Å². The summed E-state index contributed by atoms with van der Waals surface area (Å²) in [6.45, 7) is 2.75. The van der Waals surface area contributed by atoms with E-state index in [0.717, 1.165) is 29.0 Å². The molecule has 1 heterocycles. The summed E-state index contributed by atoms with van der Waals surface area (Å²) < 4.78 is 5.53. The van der Waals surface area contributed by atoms with Crippen molar-refractivity contribution in [3.8, 4) is 5.75 Å². The number of fused-ring (bicyclic) bond motifs is 1. The lowest BCUT2D eigenvalue weighted by Gasteiger charge is -2.05. The van der Waals surface area contributed by atoms with E-state index in [0.29, 0.717) is 18.7 Å². The Morgan fingerprint density at radius 3 is 2.80 bits per heavy atom. The Bertz CT molecular complexity index is 810. The topological polar surface area (TPSA) is 67.4 Å². The van der Waals surface area contributed by atoms with E-state index in [-0.39, 0.29) is 11.8 Å². The van der Waals surface area contributed by atoms with Crippen LogP contribution in [0, 0.1) is 0 Å². The van der Waals surface area contributed by atoms with Crippen LogP contribution in [0.25, 0.3) is 6.08 Å². The van der Waals surface area contributed by atoms with Crippen LogP contribution in [0.1, 0.15) is 24.5 Å².